The lowest BCUT2D eigenvalue weighted by Crippen LogP contribution is -2.46. The van der Waals surface area contributed by atoms with Crippen molar-refractivity contribution in [3.05, 3.63) is 30.1 Å². The first-order valence-corrected chi connectivity index (χ1v) is 8.42. The first kappa shape index (κ1) is 16.0. The number of fused-ring (bicyclic) bond motifs is 1. The highest BCUT2D eigenvalue weighted by atomic mass is 16.3. The second-order valence-corrected chi connectivity index (χ2v) is 6.86. The topological polar surface area (TPSA) is 67.2 Å². The van der Waals surface area contributed by atoms with Crippen LogP contribution in [0.1, 0.15) is 64.4 Å². The second kappa shape index (κ2) is 5.96. The molecule has 1 aromatic heterocycles. The van der Waals surface area contributed by atoms with Crippen molar-refractivity contribution in [1.82, 2.24) is 14.9 Å². The van der Waals surface area contributed by atoms with Gasteiger partial charge in [0.2, 0.25) is 0 Å². The molecule has 1 saturated carbocycles. The van der Waals surface area contributed by atoms with E-state index in [2.05, 4.69) is 23.7 Å². The molecule has 23 heavy (non-hydrogen) atoms. The van der Waals surface area contributed by atoms with Crippen molar-refractivity contribution < 1.29 is 9.90 Å². The van der Waals surface area contributed by atoms with Gasteiger partial charge >= 0.3 is 0 Å². The Morgan fingerprint density at radius 1 is 1.26 bits per heavy atom. The highest BCUT2D eigenvalue weighted by Crippen LogP contribution is 2.31. The van der Waals surface area contributed by atoms with E-state index >= 15 is 0 Å². The minimum absolute atomic E-state index is 0.242. The van der Waals surface area contributed by atoms with Crippen LogP contribution in [0.2, 0.25) is 0 Å². The van der Waals surface area contributed by atoms with E-state index in [4.69, 9.17) is 4.98 Å². The monoisotopic (exact) mass is 315 g/mol. The van der Waals surface area contributed by atoms with Gasteiger partial charge in [-0.25, -0.2) is 4.98 Å². The fraction of sp³-hybridized carbons (Fsp3) is 0.556. The van der Waals surface area contributed by atoms with Crippen LogP contribution < -0.4 is 5.32 Å². The number of aromatic nitrogens is 2. The summed E-state index contributed by atoms with van der Waals surface area (Å²) < 4.78 is 2.15. The van der Waals surface area contributed by atoms with Gasteiger partial charge in [0.25, 0.3) is 5.91 Å². The van der Waals surface area contributed by atoms with Gasteiger partial charge in [-0.3, -0.25) is 4.79 Å². The SMILES string of the molecule is CC(NC(=O)C1(O)CCCC1)c1nc2ccccc2n1C(C)C. The molecular weight excluding hydrogens is 290 g/mol. The summed E-state index contributed by atoms with van der Waals surface area (Å²) in [6.07, 6.45) is 2.91. The summed E-state index contributed by atoms with van der Waals surface area (Å²) in [5, 5.41) is 13.4. The standard InChI is InChI=1S/C18H25N3O2/c1-12(2)21-15-9-5-4-8-14(15)20-16(21)13(3)19-17(22)18(23)10-6-7-11-18/h4-5,8-9,12-13,23H,6-7,10-11H2,1-3H3,(H,19,22). The van der Waals surface area contributed by atoms with Crippen LogP contribution in [0.5, 0.6) is 0 Å². The molecule has 3 rings (SSSR count). The van der Waals surface area contributed by atoms with E-state index in [1.165, 1.54) is 0 Å². The lowest BCUT2D eigenvalue weighted by molar-refractivity contribution is -0.139. The van der Waals surface area contributed by atoms with Crippen LogP contribution in [-0.4, -0.2) is 26.2 Å². The largest absolute Gasteiger partial charge is 0.380 e. The Kier molecular flexibility index (Phi) is 4.15. The Labute approximate surface area is 136 Å². The van der Waals surface area contributed by atoms with E-state index < -0.39 is 5.60 Å². The first-order chi connectivity index (χ1) is 10.9. The maximum Gasteiger partial charge on any atom is 0.252 e. The quantitative estimate of drug-likeness (QED) is 0.911. The first-order valence-electron chi connectivity index (χ1n) is 8.42. The third-order valence-electron chi connectivity index (χ3n) is 4.73. The molecule has 1 heterocycles. The minimum Gasteiger partial charge on any atom is -0.380 e. The normalized spacial score (nSPS) is 18.5. The zero-order valence-electron chi connectivity index (χ0n) is 14.0. The highest BCUT2D eigenvalue weighted by molar-refractivity contribution is 5.85. The van der Waals surface area contributed by atoms with E-state index in [1.807, 2.05) is 31.2 Å². The average Bonchev–Trinajstić information content (AvgIpc) is 3.11. The fourth-order valence-corrected chi connectivity index (χ4v) is 3.49. The smallest absolute Gasteiger partial charge is 0.252 e. The molecule has 0 bridgehead atoms. The molecule has 0 aliphatic heterocycles. The van der Waals surface area contributed by atoms with Gasteiger partial charge in [-0.15, -0.1) is 0 Å². The summed E-state index contributed by atoms with van der Waals surface area (Å²) in [5.41, 5.74) is 0.790. The van der Waals surface area contributed by atoms with Crippen molar-refractivity contribution in [3.8, 4) is 0 Å². The lowest BCUT2D eigenvalue weighted by Gasteiger charge is -2.25. The summed E-state index contributed by atoms with van der Waals surface area (Å²) in [6.45, 7) is 6.14. The van der Waals surface area contributed by atoms with Crippen LogP contribution in [-0.2, 0) is 4.79 Å². The molecule has 1 aliphatic rings. The maximum atomic E-state index is 12.4. The van der Waals surface area contributed by atoms with E-state index in [9.17, 15) is 9.90 Å². The van der Waals surface area contributed by atoms with Gasteiger partial charge in [0, 0.05) is 6.04 Å². The number of aliphatic hydroxyl groups is 1. The zero-order chi connectivity index (χ0) is 16.6. The number of hydrogen-bond donors (Lipinski definition) is 2. The van der Waals surface area contributed by atoms with Crippen LogP contribution in [0.4, 0.5) is 0 Å². The number of hydrogen-bond acceptors (Lipinski definition) is 3. The predicted molar refractivity (Wildman–Crippen MR) is 90.1 cm³/mol. The number of rotatable bonds is 4. The number of para-hydroxylation sites is 2. The Morgan fingerprint density at radius 3 is 2.57 bits per heavy atom. The minimum atomic E-state index is -1.21. The molecule has 1 unspecified atom stereocenters. The molecule has 1 amide bonds. The van der Waals surface area contributed by atoms with Gasteiger partial charge < -0.3 is 15.0 Å². The molecule has 1 aliphatic carbocycles. The summed E-state index contributed by atoms with van der Waals surface area (Å²) in [6, 6.07) is 7.99. The Hall–Kier alpha value is -1.88. The van der Waals surface area contributed by atoms with Crippen molar-refractivity contribution in [2.24, 2.45) is 0 Å². The number of benzene rings is 1. The van der Waals surface area contributed by atoms with Crippen LogP contribution in [0.15, 0.2) is 24.3 Å². The summed E-state index contributed by atoms with van der Waals surface area (Å²) in [5.74, 6) is 0.556. The molecule has 5 heteroatoms. The van der Waals surface area contributed by atoms with Crippen molar-refractivity contribution in [2.75, 3.05) is 0 Å². The van der Waals surface area contributed by atoms with Gasteiger partial charge in [0.15, 0.2) is 0 Å². The molecule has 0 radical (unpaired) electrons. The summed E-state index contributed by atoms with van der Waals surface area (Å²) in [4.78, 5) is 17.2. The second-order valence-electron chi connectivity index (χ2n) is 6.86. The van der Waals surface area contributed by atoms with Gasteiger partial charge in [-0.1, -0.05) is 12.1 Å². The van der Waals surface area contributed by atoms with Gasteiger partial charge in [-0.2, -0.15) is 0 Å². The van der Waals surface area contributed by atoms with E-state index in [0.717, 1.165) is 29.7 Å². The van der Waals surface area contributed by atoms with E-state index in [0.29, 0.717) is 12.8 Å². The molecule has 5 nitrogen and oxygen atoms in total. The predicted octanol–water partition coefficient (Wildman–Crippen LogP) is 3.10. The zero-order valence-corrected chi connectivity index (χ0v) is 14.0. The third-order valence-corrected chi connectivity index (χ3v) is 4.73. The Morgan fingerprint density at radius 2 is 1.91 bits per heavy atom. The molecule has 1 atom stereocenters. The molecule has 2 aromatic rings. The third kappa shape index (κ3) is 2.85. The highest BCUT2D eigenvalue weighted by Gasteiger charge is 2.39. The molecule has 1 fully saturated rings. The van der Waals surface area contributed by atoms with Crippen molar-refractivity contribution in [1.29, 1.82) is 0 Å². The van der Waals surface area contributed by atoms with E-state index in [-0.39, 0.29) is 18.0 Å². The summed E-state index contributed by atoms with van der Waals surface area (Å²) >= 11 is 0. The number of amides is 1. The number of imidazole rings is 1. The van der Waals surface area contributed by atoms with Gasteiger partial charge in [0.05, 0.1) is 17.1 Å². The van der Waals surface area contributed by atoms with Crippen molar-refractivity contribution in [2.45, 2.75) is 64.1 Å². The van der Waals surface area contributed by atoms with Crippen LogP contribution in [0.3, 0.4) is 0 Å². The Balaban J connectivity index is 1.90. The molecule has 0 spiro atoms. The number of carbonyl (C=O) groups is 1. The van der Waals surface area contributed by atoms with Crippen molar-refractivity contribution in [3.63, 3.8) is 0 Å². The Bertz CT molecular complexity index is 714. The van der Waals surface area contributed by atoms with Crippen LogP contribution in [0.25, 0.3) is 11.0 Å². The van der Waals surface area contributed by atoms with Crippen LogP contribution in [0, 0.1) is 0 Å². The molecule has 124 valence electrons. The fourth-order valence-electron chi connectivity index (χ4n) is 3.49. The van der Waals surface area contributed by atoms with Crippen LogP contribution >= 0.6 is 0 Å². The van der Waals surface area contributed by atoms with Crippen molar-refractivity contribution >= 4 is 16.9 Å². The van der Waals surface area contributed by atoms with Gasteiger partial charge in [-0.05, 0) is 58.6 Å². The molecule has 1 aromatic carbocycles. The number of nitrogens with zero attached hydrogens (tertiary/aromatic N) is 2. The number of carbonyl (C=O) groups excluding carboxylic acids is 1. The number of nitrogens with one attached hydrogen (secondary N) is 1. The average molecular weight is 315 g/mol. The lowest BCUT2D eigenvalue weighted by atomic mass is 10.0. The molecule has 0 saturated heterocycles. The maximum absolute atomic E-state index is 12.4. The molecular formula is C18H25N3O2. The van der Waals surface area contributed by atoms with Gasteiger partial charge in [0.1, 0.15) is 11.4 Å². The summed E-state index contributed by atoms with van der Waals surface area (Å²) in [7, 11) is 0. The molecule has 2 N–H and O–H groups in total. The van der Waals surface area contributed by atoms with E-state index in [1.54, 1.807) is 0 Å².